The summed E-state index contributed by atoms with van der Waals surface area (Å²) in [5.74, 6) is 0.454. The SMILES string of the molecule is CCOC(=O)c1cnn2c1nc(N1CCOCC1)c1ccccc12. The van der Waals surface area contributed by atoms with Gasteiger partial charge in [0.25, 0.3) is 0 Å². The molecular formula is C17H18N4O3. The van der Waals surface area contributed by atoms with Gasteiger partial charge in [-0.05, 0) is 19.1 Å². The second-order valence-corrected chi connectivity index (χ2v) is 5.57. The third-order valence-electron chi connectivity index (χ3n) is 4.13. The van der Waals surface area contributed by atoms with E-state index in [1.807, 2.05) is 24.3 Å². The van der Waals surface area contributed by atoms with E-state index in [2.05, 4.69) is 10.00 Å². The van der Waals surface area contributed by atoms with E-state index in [0.29, 0.717) is 31.0 Å². The highest BCUT2D eigenvalue weighted by Gasteiger charge is 2.21. The van der Waals surface area contributed by atoms with E-state index in [4.69, 9.17) is 14.5 Å². The Bertz CT molecular complexity index is 899. The predicted molar refractivity (Wildman–Crippen MR) is 89.5 cm³/mol. The van der Waals surface area contributed by atoms with Crippen molar-refractivity contribution in [3.8, 4) is 0 Å². The second kappa shape index (κ2) is 6.09. The van der Waals surface area contributed by atoms with Gasteiger partial charge < -0.3 is 14.4 Å². The minimum absolute atomic E-state index is 0.320. The summed E-state index contributed by atoms with van der Waals surface area (Å²) in [7, 11) is 0. The number of esters is 1. The highest BCUT2D eigenvalue weighted by atomic mass is 16.5. The number of morpholine rings is 1. The molecule has 1 saturated heterocycles. The number of anilines is 1. The van der Waals surface area contributed by atoms with Crippen molar-refractivity contribution in [2.24, 2.45) is 0 Å². The molecule has 0 radical (unpaired) electrons. The average molecular weight is 326 g/mol. The molecule has 0 atom stereocenters. The van der Waals surface area contributed by atoms with Crippen molar-refractivity contribution >= 4 is 28.3 Å². The normalized spacial score (nSPS) is 15.1. The highest BCUT2D eigenvalue weighted by Crippen LogP contribution is 2.28. The molecule has 7 nitrogen and oxygen atoms in total. The maximum absolute atomic E-state index is 12.2. The molecule has 2 aromatic heterocycles. The van der Waals surface area contributed by atoms with E-state index in [9.17, 15) is 4.79 Å². The van der Waals surface area contributed by atoms with Gasteiger partial charge in [0.15, 0.2) is 5.65 Å². The molecular weight excluding hydrogens is 308 g/mol. The van der Waals surface area contributed by atoms with Gasteiger partial charge in [0, 0.05) is 18.5 Å². The van der Waals surface area contributed by atoms with Crippen molar-refractivity contribution in [2.75, 3.05) is 37.8 Å². The number of nitrogens with zero attached hydrogens (tertiary/aromatic N) is 4. The van der Waals surface area contributed by atoms with Crippen LogP contribution in [-0.2, 0) is 9.47 Å². The van der Waals surface area contributed by atoms with Crippen LogP contribution in [-0.4, -0.2) is 53.5 Å². The lowest BCUT2D eigenvalue weighted by Crippen LogP contribution is -2.37. The Morgan fingerprint density at radius 3 is 2.88 bits per heavy atom. The highest BCUT2D eigenvalue weighted by molar-refractivity contribution is 5.99. The number of hydrogen-bond acceptors (Lipinski definition) is 6. The number of fused-ring (bicyclic) bond motifs is 3. The first-order valence-corrected chi connectivity index (χ1v) is 8.06. The van der Waals surface area contributed by atoms with Gasteiger partial charge in [-0.2, -0.15) is 5.10 Å². The Labute approximate surface area is 138 Å². The first-order chi connectivity index (χ1) is 11.8. The van der Waals surface area contributed by atoms with Gasteiger partial charge in [0.2, 0.25) is 0 Å². The van der Waals surface area contributed by atoms with Gasteiger partial charge in [-0.3, -0.25) is 0 Å². The summed E-state index contributed by atoms with van der Waals surface area (Å²) in [5.41, 5.74) is 1.82. The van der Waals surface area contributed by atoms with E-state index in [1.165, 1.54) is 6.20 Å². The van der Waals surface area contributed by atoms with E-state index in [0.717, 1.165) is 29.8 Å². The van der Waals surface area contributed by atoms with Crippen LogP contribution in [0.25, 0.3) is 16.6 Å². The molecule has 124 valence electrons. The van der Waals surface area contributed by atoms with Crippen LogP contribution >= 0.6 is 0 Å². The van der Waals surface area contributed by atoms with Crippen molar-refractivity contribution in [2.45, 2.75) is 6.92 Å². The maximum atomic E-state index is 12.2. The summed E-state index contributed by atoms with van der Waals surface area (Å²) in [5, 5.41) is 5.35. The predicted octanol–water partition coefficient (Wildman–Crippen LogP) is 1.90. The Balaban J connectivity index is 1.95. The molecule has 0 bridgehead atoms. The smallest absolute Gasteiger partial charge is 0.343 e. The minimum atomic E-state index is -0.400. The van der Waals surface area contributed by atoms with Crippen LogP contribution in [0.2, 0.25) is 0 Å². The van der Waals surface area contributed by atoms with Gasteiger partial charge in [0.05, 0.1) is 31.5 Å². The van der Waals surface area contributed by atoms with E-state index in [-0.39, 0.29) is 0 Å². The number of para-hydroxylation sites is 1. The molecule has 3 aromatic rings. The number of carbonyl (C=O) groups excluding carboxylic acids is 1. The van der Waals surface area contributed by atoms with Crippen molar-refractivity contribution in [1.82, 2.24) is 14.6 Å². The molecule has 0 unspecified atom stereocenters. The number of benzene rings is 1. The molecule has 4 rings (SSSR count). The molecule has 0 aliphatic carbocycles. The zero-order chi connectivity index (χ0) is 16.5. The first kappa shape index (κ1) is 14.9. The Morgan fingerprint density at radius 2 is 2.08 bits per heavy atom. The van der Waals surface area contributed by atoms with Gasteiger partial charge in [-0.25, -0.2) is 14.3 Å². The average Bonchev–Trinajstić information content (AvgIpc) is 3.06. The van der Waals surface area contributed by atoms with Gasteiger partial charge in [0.1, 0.15) is 11.4 Å². The van der Waals surface area contributed by atoms with E-state index in [1.54, 1.807) is 11.4 Å². The van der Waals surface area contributed by atoms with E-state index < -0.39 is 5.97 Å². The van der Waals surface area contributed by atoms with Crippen LogP contribution in [0.15, 0.2) is 30.5 Å². The molecule has 1 aromatic carbocycles. The Kier molecular flexibility index (Phi) is 3.78. The molecule has 24 heavy (non-hydrogen) atoms. The third-order valence-corrected chi connectivity index (χ3v) is 4.13. The first-order valence-electron chi connectivity index (χ1n) is 8.06. The number of hydrogen-bond donors (Lipinski definition) is 0. The number of ether oxygens (including phenoxy) is 2. The van der Waals surface area contributed by atoms with E-state index >= 15 is 0 Å². The van der Waals surface area contributed by atoms with Gasteiger partial charge in [-0.1, -0.05) is 12.1 Å². The maximum Gasteiger partial charge on any atom is 0.343 e. The summed E-state index contributed by atoms with van der Waals surface area (Å²) in [4.78, 5) is 19.1. The zero-order valence-electron chi connectivity index (χ0n) is 13.4. The number of aromatic nitrogens is 3. The topological polar surface area (TPSA) is 69.0 Å². The number of carbonyl (C=O) groups is 1. The third kappa shape index (κ3) is 2.37. The fourth-order valence-corrected chi connectivity index (χ4v) is 3.00. The molecule has 0 N–H and O–H groups in total. The molecule has 3 heterocycles. The minimum Gasteiger partial charge on any atom is -0.462 e. The molecule has 1 aliphatic heterocycles. The lowest BCUT2D eigenvalue weighted by atomic mass is 10.2. The number of rotatable bonds is 3. The largest absolute Gasteiger partial charge is 0.462 e. The van der Waals surface area contributed by atoms with Crippen LogP contribution in [0.4, 0.5) is 5.82 Å². The van der Waals surface area contributed by atoms with Crippen LogP contribution in [0.5, 0.6) is 0 Å². The van der Waals surface area contributed by atoms with Crippen LogP contribution < -0.4 is 4.90 Å². The zero-order valence-corrected chi connectivity index (χ0v) is 13.4. The van der Waals surface area contributed by atoms with Gasteiger partial charge >= 0.3 is 5.97 Å². The Morgan fingerprint density at radius 1 is 1.29 bits per heavy atom. The molecule has 1 aliphatic rings. The summed E-state index contributed by atoms with van der Waals surface area (Å²) >= 11 is 0. The Hall–Kier alpha value is -2.67. The van der Waals surface area contributed by atoms with Crippen molar-refractivity contribution in [3.05, 3.63) is 36.0 Å². The fourth-order valence-electron chi connectivity index (χ4n) is 3.00. The summed E-state index contributed by atoms with van der Waals surface area (Å²) in [6, 6.07) is 7.94. The second-order valence-electron chi connectivity index (χ2n) is 5.57. The lowest BCUT2D eigenvalue weighted by Gasteiger charge is -2.28. The van der Waals surface area contributed by atoms with Gasteiger partial charge in [-0.15, -0.1) is 0 Å². The standard InChI is InChI=1S/C17H18N4O3/c1-2-24-17(22)13-11-18-21-14-6-4-3-5-12(14)15(19-16(13)21)20-7-9-23-10-8-20/h3-6,11H,2,7-10H2,1H3. The molecule has 1 fully saturated rings. The van der Waals surface area contributed by atoms with Crippen LogP contribution in [0.3, 0.4) is 0 Å². The molecule has 7 heteroatoms. The summed E-state index contributed by atoms with van der Waals surface area (Å²) in [6.07, 6.45) is 1.52. The molecule has 0 amide bonds. The summed E-state index contributed by atoms with van der Waals surface area (Å²) < 4.78 is 12.3. The summed E-state index contributed by atoms with van der Waals surface area (Å²) in [6.45, 7) is 4.99. The van der Waals surface area contributed by atoms with Crippen LogP contribution in [0.1, 0.15) is 17.3 Å². The van der Waals surface area contributed by atoms with Crippen molar-refractivity contribution in [3.63, 3.8) is 0 Å². The monoisotopic (exact) mass is 326 g/mol. The molecule has 0 spiro atoms. The van der Waals surface area contributed by atoms with Crippen LogP contribution in [0, 0.1) is 0 Å². The fraction of sp³-hybridized carbons (Fsp3) is 0.353. The molecule has 0 saturated carbocycles. The van der Waals surface area contributed by atoms with Crippen molar-refractivity contribution < 1.29 is 14.3 Å². The van der Waals surface area contributed by atoms with Crippen molar-refractivity contribution in [1.29, 1.82) is 0 Å². The quantitative estimate of drug-likeness (QED) is 0.685. The lowest BCUT2D eigenvalue weighted by molar-refractivity contribution is 0.0528.